The Morgan fingerprint density at radius 2 is 1.69 bits per heavy atom. The molecule has 1 aliphatic rings. The SMILES string of the molecule is Cn1c(=O)c2c(nc(N3CCC(Cc4ccccc4)CC3)n2CCSc2ncccn2)n(C)c1=O. The Balaban J connectivity index is 1.42. The number of piperidine rings is 1. The molecule has 4 heterocycles. The van der Waals surface area contributed by atoms with Crippen LogP contribution in [-0.4, -0.2) is 47.5 Å². The Morgan fingerprint density at radius 3 is 2.40 bits per heavy atom. The van der Waals surface area contributed by atoms with Gasteiger partial charge in [-0.15, -0.1) is 0 Å². The third kappa shape index (κ3) is 4.75. The predicted octanol–water partition coefficient (Wildman–Crippen LogP) is 2.48. The fraction of sp³-hybridized carbons (Fsp3) is 0.400. The van der Waals surface area contributed by atoms with Crippen LogP contribution in [0.4, 0.5) is 5.95 Å². The van der Waals surface area contributed by atoms with E-state index >= 15 is 0 Å². The Morgan fingerprint density at radius 1 is 0.971 bits per heavy atom. The molecule has 1 saturated heterocycles. The topological polar surface area (TPSA) is 90.8 Å². The second-order valence-electron chi connectivity index (χ2n) is 8.94. The van der Waals surface area contributed by atoms with Crippen LogP contribution in [0.25, 0.3) is 11.2 Å². The molecule has 0 saturated carbocycles. The summed E-state index contributed by atoms with van der Waals surface area (Å²) in [4.78, 5) is 41.3. The monoisotopic (exact) mass is 491 g/mol. The number of hydrogen-bond donors (Lipinski definition) is 0. The number of anilines is 1. The molecule has 35 heavy (non-hydrogen) atoms. The van der Waals surface area contributed by atoms with Crippen molar-refractivity contribution < 1.29 is 0 Å². The summed E-state index contributed by atoms with van der Waals surface area (Å²) in [6.45, 7) is 2.29. The second-order valence-corrected chi connectivity index (χ2v) is 10.0. The first-order chi connectivity index (χ1) is 17.0. The van der Waals surface area contributed by atoms with Crippen molar-refractivity contribution in [2.75, 3.05) is 23.7 Å². The number of aryl methyl sites for hydroxylation is 2. The zero-order chi connectivity index (χ0) is 24.4. The van der Waals surface area contributed by atoms with E-state index in [4.69, 9.17) is 4.98 Å². The highest BCUT2D eigenvalue weighted by Crippen LogP contribution is 2.28. The van der Waals surface area contributed by atoms with E-state index < -0.39 is 0 Å². The van der Waals surface area contributed by atoms with Gasteiger partial charge >= 0.3 is 5.69 Å². The van der Waals surface area contributed by atoms with Gasteiger partial charge in [-0.1, -0.05) is 42.1 Å². The first-order valence-electron chi connectivity index (χ1n) is 11.9. The number of fused-ring (bicyclic) bond motifs is 1. The first kappa shape index (κ1) is 23.3. The van der Waals surface area contributed by atoms with Crippen molar-refractivity contribution in [2.24, 2.45) is 20.0 Å². The van der Waals surface area contributed by atoms with Crippen LogP contribution < -0.4 is 16.1 Å². The minimum atomic E-state index is -0.368. The number of thioether (sulfide) groups is 1. The van der Waals surface area contributed by atoms with E-state index in [0.717, 1.165) is 42.9 Å². The Labute approximate surface area is 207 Å². The number of aromatic nitrogens is 6. The van der Waals surface area contributed by atoms with Gasteiger partial charge in [0.1, 0.15) is 0 Å². The van der Waals surface area contributed by atoms with Crippen LogP contribution in [0.3, 0.4) is 0 Å². The highest BCUT2D eigenvalue weighted by Gasteiger charge is 2.26. The van der Waals surface area contributed by atoms with Crippen LogP contribution in [0.15, 0.2) is 63.5 Å². The minimum Gasteiger partial charge on any atom is -0.342 e. The molecule has 1 aliphatic heterocycles. The molecule has 182 valence electrons. The Hall–Kier alpha value is -3.40. The van der Waals surface area contributed by atoms with Gasteiger partial charge < -0.3 is 9.47 Å². The van der Waals surface area contributed by atoms with E-state index in [0.29, 0.717) is 34.5 Å². The highest BCUT2D eigenvalue weighted by atomic mass is 32.2. The van der Waals surface area contributed by atoms with E-state index in [1.54, 1.807) is 25.5 Å². The van der Waals surface area contributed by atoms with Crippen LogP contribution >= 0.6 is 11.8 Å². The summed E-state index contributed by atoms with van der Waals surface area (Å²) >= 11 is 1.53. The Bertz CT molecular complexity index is 1420. The lowest BCUT2D eigenvalue weighted by Crippen LogP contribution is -2.38. The number of imidazole rings is 1. The lowest BCUT2D eigenvalue weighted by Gasteiger charge is -2.33. The van der Waals surface area contributed by atoms with Gasteiger partial charge in [0.2, 0.25) is 5.95 Å². The molecule has 10 heteroatoms. The molecule has 0 atom stereocenters. The summed E-state index contributed by atoms with van der Waals surface area (Å²) in [5.41, 5.74) is 1.58. The standard InChI is InChI=1S/C25H29N7O2S/c1-29-21-20(22(33)30(2)25(29)34)32(15-16-35-23-26-11-6-12-27-23)24(28-21)31-13-9-19(10-14-31)17-18-7-4-3-5-8-18/h3-8,11-12,19H,9-10,13-17H2,1-2H3. The second kappa shape index (κ2) is 10.1. The van der Waals surface area contributed by atoms with E-state index in [1.165, 1.54) is 28.9 Å². The summed E-state index contributed by atoms with van der Waals surface area (Å²) in [6.07, 6.45) is 6.63. The van der Waals surface area contributed by atoms with Gasteiger partial charge in [0, 0.05) is 51.9 Å². The summed E-state index contributed by atoms with van der Waals surface area (Å²) in [6, 6.07) is 12.4. The largest absolute Gasteiger partial charge is 0.342 e. The molecule has 3 aromatic heterocycles. The molecule has 0 amide bonds. The molecule has 0 spiro atoms. The van der Waals surface area contributed by atoms with E-state index in [9.17, 15) is 9.59 Å². The van der Waals surface area contributed by atoms with Crippen molar-refractivity contribution in [1.82, 2.24) is 28.7 Å². The molecule has 5 rings (SSSR count). The fourth-order valence-electron chi connectivity index (χ4n) is 4.76. The van der Waals surface area contributed by atoms with Crippen LogP contribution in [0.5, 0.6) is 0 Å². The maximum absolute atomic E-state index is 13.1. The molecular formula is C25H29N7O2S. The average molecular weight is 492 g/mol. The van der Waals surface area contributed by atoms with Gasteiger partial charge in [0.25, 0.3) is 5.56 Å². The van der Waals surface area contributed by atoms with Crippen molar-refractivity contribution in [3.05, 3.63) is 75.2 Å². The molecule has 0 radical (unpaired) electrons. The highest BCUT2D eigenvalue weighted by molar-refractivity contribution is 7.99. The quantitative estimate of drug-likeness (QED) is 0.290. The normalized spacial score (nSPS) is 14.6. The molecule has 0 aliphatic carbocycles. The van der Waals surface area contributed by atoms with Gasteiger partial charge in [-0.25, -0.2) is 14.8 Å². The van der Waals surface area contributed by atoms with Gasteiger partial charge in [-0.2, -0.15) is 4.98 Å². The van der Waals surface area contributed by atoms with Gasteiger partial charge in [0.05, 0.1) is 0 Å². The number of nitrogens with zero attached hydrogens (tertiary/aromatic N) is 7. The van der Waals surface area contributed by atoms with Gasteiger partial charge in [-0.05, 0) is 36.8 Å². The summed E-state index contributed by atoms with van der Waals surface area (Å²) in [5, 5.41) is 0.695. The first-order valence-corrected chi connectivity index (χ1v) is 12.9. The summed E-state index contributed by atoms with van der Waals surface area (Å²) in [7, 11) is 3.19. The molecule has 4 aromatic rings. The molecule has 1 fully saturated rings. The summed E-state index contributed by atoms with van der Waals surface area (Å²) < 4.78 is 4.60. The van der Waals surface area contributed by atoms with Crippen molar-refractivity contribution in [2.45, 2.75) is 31.0 Å². The van der Waals surface area contributed by atoms with E-state index in [2.05, 4.69) is 45.2 Å². The number of benzene rings is 1. The van der Waals surface area contributed by atoms with Crippen molar-refractivity contribution >= 4 is 28.9 Å². The minimum absolute atomic E-state index is 0.318. The molecule has 0 bridgehead atoms. The van der Waals surface area contributed by atoms with Gasteiger partial charge in [0.15, 0.2) is 16.3 Å². The molecular weight excluding hydrogens is 462 g/mol. The van der Waals surface area contributed by atoms with Crippen LogP contribution in [0.2, 0.25) is 0 Å². The van der Waals surface area contributed by atoms with Crippen LogP contribution in [-0.2, 0) is 27.1 Å². The molecule has 0 unspecified atom stereocenters. The zero-order valence-electron chi connectivity index (χ0n) is 20.0. The van der Waals surface area contributed by atoms with Crippen molar-refractivity contribution in [3.8, 4) is 0 Å². The summed E-state index contributed by atoms with van der Waals surface area (Å²) in [5.74, 6) is 2.05. The Kier molecular flexibility index (Phi) is 6.72. The smallest absolute Gasteiger partial charge is 0.332 e. The lowest BCUT2D eigenvalue weighted by atomic mass is 9.90. The maximum atomic E-state index is 13.1. The van der Waals surface area contributed by atoms with Crippen molar-refractivity contribution in [1.29, 1.82) is 0 Å². The third-order valence-corrected chi connectivity index (χ3v) is 7.54. The zero-order valence-corrected chi connectivity index (χ0v) is 20.8. The lowest BCUT2D eigenvalue weighted by molar-refractivity contribution is 0.398. The number of hydrogen-bond acceptors (Lipinski definition) is 7. The average Bonchev–Trinajstić information content (AvgIpc) is 3.27. The third-order valence-electron chi connectivity index (χ3n) is 6.68. The van der Waals surface area contributed by atoms with Crippen molar-refractivity contribution in [3.63, 3.8) is 0 Å². The van der Waals surface area contributed by atoms with Crippen LogP contribution in [0.1, 0.15) is 18.4 Å². The van der Waals surface area contributed by atoms with E-state index in [1.807, 2.05) is 4.57 Å². The van der Waals surface area contributed by atoms with E-state index in [-0.39, 0.29) is 11.2 Å². The predicted molar refractivity (Wildman–Crippen MR) is 138 cm³/mol. The van der Waals surface area contributed by atoms with Gasteiger partial charge in [-0.3, -0.25) is 13.9 Å². The number of rotatable bonds is 7. The molecule has 9 nitrogen and oxygen atoms in total. The van der Waals surface area contributed by atoms with Crippen LogP contribution in [0, 0.1) is 5.92 Å². The maximum Gasteiger partial charge on any atom is 0.332 e. The molecule has 0 N–H and O–H groups in total. The fourth-order valence-corrected chi connectivity index (χ4v) is 5.49. The molecule has 1 aromatic carbocycles.